The summed E-state index contributed by atoms with van der Waals surface area (Å²) < 4.78 is 16.7. The summed E-state index contributed by atoms with van der Waals surface area (Å²) in [6.07, 6.45) is 2.06. The summed E-state index contributed by atoms with van der Waals surface area (Å²) in [6, 6.07) is 5.97. The van der Waals surface area contributed by atoms with Gasteiger partial charge in [0.05, 0.1) is 20.3 Å². The SMILES string of the molecule is CCCOc1ccc(CNC(=NC)NCCOCCC(C)C)cc1OC. The maximum absolute atomic E-state index is 5.68. The van der Waals surface area contributed by atoms with Crippen molar-refractivity contribution in [2.24, 2.45) is 10.9 Å². The summed E-state index contributed by atoms with van der Waals surface area (Å²) in [6.45, 7) is 10.0. The van der Waals surface area contributed by atoms with Gasteiger partial charge in [0, 0.05) is 26.7 Å². The Labute approximate surface area is 158 Å². The van der Waals surface area contributed by atoms with Crippen LogP contribution in [0.4, 0.5) is 0 Å². The van der Waals surface area contributed by atoms with Crippen molar-refractivity contribution in [3.63, 3.8) is 0 Å². The molecule has 0 saturated heterocycles. The lowest BCUT2D eigenvalue weighted by Gasteiger charge is -2.14. The van der Waals surface area contributed by atoms with Crippen LogP contribution in [0.15, 0.2) is 23.2 Å². The lowest BCUT2D eigenvalue weighted by molar-refractivity contribution is 0.128. The molecule has 0 atom stereocenters. The fraction of sp³-hybridized carbons (Fsp3) is 0.650. The maximum atomic E-state index is 5.68. The molecule has 1 aromatic carbocycles. The zero-order valence-electron chi connectivity index (χ0n) is 16.9. The Morgan fingerprint density at radius 3 is 2.58 bits per heavy atom. The highest BCUT2D eigenvalue weighted by Gasteiger charge is 2.06. The van der Waals surface area contributed by atoms with Gasteiger partial charge in [0.2, 0.25) is 0 Å². The van der Waals surface area contributed by atoms with Crippen LogP contribution in [0.5, 0.6) is 11.5 Å². The Morgan fingerprint density at radius 1 is 1.12 bits per heavy atom. The van der Waals surface area contributed by atoms with E-state index in [4.69, 9.17) is 14.2 Å². The smallest absolute Gasteiger partial charge is 0.191 e. The third-order valence-electron chi connectivity index (χ3n) is 3.75. The molecule has 0 bridgehead atoms. The molecule has 0 aliphatic heterocycles. The first kappa shape index (κ1) is 22.1. The molecule has 0 aliphatic rings. The summed E-state index contributed by atoms with van der Waals surface area (Å²) in [7, 11) is 3.42. The molecule has 0 unspecified atom stereocenters. The molecule has 1 aromatic rings. The van der Waals surface area contributed by atoms with Gasteiger partial charge in [-0.25, -0.2) is 0 Å². The molecular formula is C20H35N3O3. The van der Waals surface area contributed by atoms with E-state index in [1.54, 1.807) is 14.2 Å². The second-order valence-corrected chi connectivity index (χ2v) is 6.48. The lowest BCUT2D eigenvalue weighted by Crippen LogP contribution is -2.38. The Bertz CT molecular complexity index is 533. The number of hydrogen-bond acceptors (Lipinski definition) is 4. The second-order valence-electron chi connectivity index (χ2n) is 6.48. The van der Waals surface area contributed by atoms with E-state index >= 15 is 0 Å². The minimum absolute atomic E-state index is 0.651. The van der Waals surface area contributed by atoms with E-state index in [0.29, 0.717) is 25.7 Å². The van der Waals surface area contributed by atoms with Crippen molar-refractivity contribution in [1.82, 2.24) is 10.6 Å². The number of nitrogens with zero attached hydrogens (tertiary/aromatic N) is 1. The largest absolute Gasteiger partial charge is 0.493 e. The average molecular weight is 366 g/mol. The summed E-state index contributed by atoms with van der Waals surface area (Å²) in [5, 5.41) is 6.55. The highest BCUT2D eigenvalue weighted by atomic mass is 16.5. The molecule has 0 aromatic heterocycles. The van der Waals surface area contributed by atoms with Crippen LogP contribution in [0.3, 0.4) is 0 Å². The van der Waals surface area contributed by atoms with Gasteiger partial charge in [-0.15, -0.1) is 0 Å². The van der Waals surface area contributed by atoms with Gasteiger partial charge < -0.3 is 24.8 Å². The van der Waals surface area contributed by atoms with E-state index in [9.17, 15) is 0 Å². The van der Waals surface area contributed by atoms with Crippen LogP contribution in [-0.4, -0.2) is 46.5 Å². The number of aliphatic imine (C=N–C) groups is 1. The fourth-order valence-corrected chi connectivity index (χ4v) is 2.22. The molecule has 26 heavy (non-hydrogen) atoms. The Hall–Kier alpha value is -1.95. The van der Waals surface area contributed by atoms with Gasteiger partial charge >= 0.3 is 0 Å². The van der Waals surface area contributed by atoms with Crippen molar-refractivity contribution in [2.75, 3.05) is 40.5 Å². The van der Waals surface area contributed by atoms with E-state index in [0.717, 1.165) is 49.0 Å². The fourth-order valence-electron chi connectivity index (χ4n) is 2.22. The molecule has 6 nitrogen and oxygen atoms in total. The Kier molecular flexibility index (Phi) is 11.3. The molecule has 0 fully saturated rings. The second kappa shape index (κ2) is 13.3. The Balaban J connectivity index is 2.38. The monoisotopic (exact) mass is 365 g/mol. The zero-order valence-corrected chi connectivity index (χ0v) is 16.9. The van der Waals surface area contributed by atoms with Crippen LogP contribution in [0.2, 0.25) is 0 Å². The van der Waals surface area contributed by atoms with Gasteiger partial charge in [0.15, 0.2) is 17.5 Å². The Morgan fingerprint density at radius 2 is 1.92 bits per heavy atom. The zero-order chi connectivity index (χ0) is 19.2. The van der Waals surface area contributed by atoms with Crippen LogP contribution in [-0.2, 0) is 11.3 Å². The highest BCUT2D eigenvalue weighted by Crippen LogP contribution is 2.28. The first-order chi connectivity index (χ1) is 12.6. The van der Waals surface area contributed by atoms with Crippen LogP contribution < -0.4 is 20.1 Å². The number of nitrogens with one attached hydrogen (secondary N) is 2. The van der Waals surface area contributed by atoms with E-state index in [2.05, 4.69) is 36.4 Å². The van der Waals surface area contributed by atoms with Gasteiger partial charge in [0.25, 0.3) is 0 Å². The van der Waals surface area contributed by atoms with Crippen LogP contribution >= 0.6 is 0 Å². The molecule has 0 heterocycles. The quantitative estimate of drug-likeness (QED) is 0.338. The van der Waals surface area contributed by atoms with E-state index in [1.165, 1.54) is 0 Å². The number of benzene rings is 1. The van der Waals surface area contributed by atoms with Crippen molar-refractivity contribution < 1.29 is 14.2 Å². The maximum Gasteiger partial charge on any atom is 0.191 e. The molecule has 1 rings (SSSR count). The van der Waals surface area contributed by atoms with Crippen molar-refractivity contribution in [3.05, 3.63) is 23.8 Å². The van der Waals surface area contributed by atoms with Gasteiger partial charge in [-0.05, 0) is 36.5 Å². The van der Waals surface area contributed by atoms with Crippen molar-refractivity contribution in [2.45, 2.75) is 40.2 Å². The number of methoxy groups -OCH3 is 1. The molecule has 0 saturated carbocycles. The van der Waals surface area contributed by atoms with Gasteiger partial charge in [-0.2, -0.15) is 0 Å². The van der Waals surface area contributed by atoms with Crippen LogP contribution in [0, 0.1) is 5.92 Å². The first-order valence-corrected chi connectivity index (χ1v) is 9.42. The standard InChI is InChI=1S/C20H35N3O3/c1-6-11-26-18-8-7-17(14-19(18)24-5)15-23-20(21-4)22-10-13-25-12-9-16(2)3/h7-8,14,16H,6,9-13,15H2,1-5H3,(H2,21,22,23). The molecule has 148 valence electrons. The molecule has 2 N–H and O–H groups in total. The average Bonchev–Trinajstić information content (AvgIpc) is 2.65. The third kappa shape index (κ3) is 8.94. The number of guanidine groups is 1. The number of ether oxygens (including phenoxy) is 3. The molecule has 0 aliphatic carbocycles. The molecule has 0 radical (unpaired) electrons. The van der Waals surface area contributed by atoms with E-state index < -0.39 is 0 Å². The van der Waals surface area contributed by atoms with Gasteiger partial charge in [0.1, 0.15) is 0 Å². The summed E-state index contributed by atoms with van der Waals surface area (Å²) >= 11 is 0. The van der Waals surface area contributed by atoms with Crippen molar-refractivity contribution in [1.29, 1.82) is 0 Å². The van der Waals surface area contributed by atoms with Gasteiger partial charge in [-0.3, -0.25) is 4.99 Å². The summed E-state index contributed by atoms with van der Waals surface area (Å²) in [4.78, 5) is 4.23. The first-order valence-electron chi connectivity index (χ1n) is 9.42. The van der Waals surface area contributed by atoms with E-state index in [-0.39, 0.29) is 0 Å². The predicted octanol–water partition coefficient (Wildman–Crippen LogP) is 3.21. The molecule has 6 heteroatoms. The van der Waals surface area contributed by atoms with Crippen molar-refractivity contribution >= 4 is 5.96 Å². The normalized spacial score (nSPS) is 11.5. The number of hydrogen-bond donors (Lipinski definition) is 2. The van der Waals surface area contributed by atoms with Crippen LogP contribution in [0.25, 0.3) is 0 Å². The lowest BCUT2D eigenvalue weighted by atomic mass is 10.1. The summed E-state index contributed by atoms with van der Waals surface area (Å²) in [5.74, 6) is 2.95. The molecule has 0 amide bonds. The van der Waals surface area contributed by atoms with E-state index in [1.807, 2.05) is 18.2 Å². The third-order valence-corrected chi connectivity index (χ3v) is 3.75. The molecule has 0 spiro atoms. The minimum atomic E-state index is 0.651. The predicted molar refractivity (Wildman–Crippen MR) is 107 cm³/mol. The van der Waals surface area contributed by atoms with Crippen LogP contribution in [0.1, 0.15) is 39.2 Å². The minimum Gasteiger partial charge on any atom is -0.493 e. The van der Waals surface area contributed by atoms with Gasteiger partial charge in [-0.1, -0.05) is 26.8 Å². The van der Waals surface area contributed by atoms with Crippen molar-refractivity contribution in [3.8, 4) is 11.5 Å². The topological polar surface area (TPSA) is 64.1 Å². The number of rotatable bonds is 12. The highest BCUT2D eigenvalue weighted by molar-refractivity contribution is 5.79. The molecular weight excluding hydrogens is 330 g/mol. The summed E-state index contributed by atoms with van der Waals surface area (Å²) in [5.41, 5.74) is 1.10.